The number of nitrogens with two attached hydrogens (primary N) is 1. The molecular formula is C17H18FN3O3. The van der Waals surface area contributed by atoms with Crippen LogP contribution in [-0.2, 0) is 17.9 Å². The first kappa shape index (κ1) is 12.5. The summed E-state index contributed by atoms with van der Waals surface area (Å²) in [5.41, 5.74) is 5.45. The van der Waals surface area contributed by atoms with Crippen LogP contribution in [0.4, 0.5) is 4.39 Å². The lowest BCUT2D eigenvalue weighted by atomic mass is 10.2. The molecule has 0 saturated heterocycles. The van der Waals surface area contributed by atoms with Crippen molar-refractivity contribution in [3.05, 3.63) is 70.3 Å². The minimum atomic E-state index is -1.09. The molecule has 0 heterocycles. The predicted molar refractivity (Wildman–Crippen MR) is 87.2 cm³/mol. The first-order chi connectivity index (χ1) is 13.2. The van der Waals surface area contributed by atoms with Crippen LogP contribution in [-0.4, -0.2) is 17.0 Å². The summed E-state index contributed by atoms with van der Waals surface area (Å²) in [4.78, 5) is 22.3. The Bertz CT molecular complexity index is 884. The van der Waals surface area contributed by atoms with Gasteiger partial charge in [-0.2, -0.15) is 0 Å². The summed E-state index contributed by atoms with van der Waals surface area (Å²) in [6.45, 7) is 0.734. The Labute approximate surface area is 144 Å². The molecule has 7 heteroatoms. The average Bonchev–Trinajstić information content (AvgIpc) is 2.66. The van der Waals surface area contributed by atoms with Gasteiger partial charge < -0.3 is 10.5 Å². The van der Waals surface area contributed by atoms with E-state index in [-0.39, 0.29) is 17.9 Å². The first-order valence-corrected chi connectivity index (χ1v) is 7.03. The highest BCUT2D eigenvalue weighted by molar-refractivity contribution is 5.79. The van der Waals surface area contributed by atoms with Gasteiger partial charge in [0.25, 0.3) is 0 Å². The van der Waals surface area contributed by atoms with E-state index in [0.717, 1.165) is 5.01 Å². The molecule has 24 heavy (non-hydrogen) atoms. The lowest BCUT2D eigenvalue weighted by molar-refractivity contribution is -0.122. The summed E-state index contributed by atoms with van der Waals surface area (Å²) in [5.74, 6) is -1.61. The molecule has 2 N–H and O–H groups in total. The Hall–Kier alpha value is -2.96. The van der Waals surface area contributed by atoms with Gasteiger partial charge in [0.2, 0.25) is 5.91 Å². The van der Waals surface area contributed by atoms with Crippen molar-refractivity contribution in [1.82, 2.24) is 5.01 Å². The third-order valence-corrected chi connectivity index (χ3v) is 3.21. The fourth-order valence-electron chi connectivity index (χ4n) is 1.81. The Morgan fingerprint density at radius 1 is 1.38 bits per heavy atom. The van der Waals surface area contributed by atoms with E-state index in [1.54, 1.807) is 6.07 Å². The van der Waals surface area contributed by atoms with Gasteiger partial charge >= 0.3 is 0 Å². The van der Waals surface area contributed by atoms with E-state index in [9.17, 15) is 14.1 Å². The van der Waals surface area contributed by atoms with Gasteiger partial charge in [-0.25, -0.2) is 9.40 Å². The molecule has 1 atom stereocenters. The maximum absolute atomic E-state index is 13.2. The molecule has 0 unspecified atom stereocenters. The van der Waals surface area contributed by atoms with E-state index in [0.29, 0.717) is 5.56 Å². The van der Waals surface area contributed by atoms with Gasteiger partial charge in [-0.3, -0.25) is 4.79 Å². The standard InChI is InChI=1S/C17H18FN3O3/c1-12(17(19)22)21(20-23)10-13-5-7-16(8-6-13)24-11-14-3-2-4-15(18)9-14/h2-9,12H,10-11H2,1H3,(H2,19,22)/t12-/m0/s1/i5D,6D,7D,8D. The van der Waals surface area contributed by atoms with Crippen LogP contribution >= 0.6 is 0 Å². The number of hydrogen-bond donors (Lipinski definition) is 1. The minimum absolute atomic E-state index is 0.138. The largest absolute Gasteiger partial charge is 0.489 e. The molecule has 0 aliphatic heterocycles. The smallest absolute Gasteiger partial charge is 0.241 e. The molecule has 0 aliphatic carbocycles. The molecular weight excluding hydrogens is 313 g/mol. The van der Waals surface area contributed by atoms with Crippen LogP contribution in [0.3, 0.4) is 0 Å². The number of rotatable bonds is 8. The highest BCUT2D eigenvalue weighted by Gasteiger charge is 2.18. The van der Waals surface area contributed by atoms with E-state index in [1.165, 1.54) is 25.1 Å². The van der Waals surface area contributed by atoms with E-state index >= 15 is 0 Å². The highest BCUT2D eigenvalue weighted by Crippen LogP contribution is 2.17. The molecule has 2 rings (SSSR count). The number of carbonyl (C=O) groups excluding carboxylic acids is 1. The van der Waals surface area contributed by atoms with Crippen LogP contribution in [0.15, 0.2) is 53.7 Å². The zero-order valence-corrected chi connectivity index (χ0v) is 12.9. The molecule has 2 aromatic carbocycles. The zero-order valence-electron chi connectivity index (χ0n) is 16.9. The number of amides is 1. The molecule has 6 nitrogen and oxygen atoms in total. The topological polar surface area (TPSA) is 85.0 Å². The van der Waals surface area contributed by atoms with Crippen molar-refractivity contribution < 1.29 is 19.4 Å². The van der Waals surface area contributed by atoms with Crippen LogP contribution in [0.2, 0.25) is 0 Å². The number of halogens is 1. The fourth-order valence-corrected chi connectivity index (χ4v) is 1.81. The number of carbonyl (C=O) groups is 1. The van der Waals surface area contributed by atoms with Gasteiger partial charge in [-0.15, -0.1) is 4.91 Å². The molecule has 0 aromatic heterocycles. The van der Waals surface area contributed by atoms with Crippen molar-refractivity contribution in [3.8, 4) is 5.75 Å². The second-order valence-electron chi connectivity index (χ2n) is 4.98. The number of primary amides is 1. The summed E-state index contributed by atoms with van der Waals surface area (Å²) < 4.78 is 50.9. The van der Waals surface area contributed by atoms with Gasteiger partial charge in [-0.05, 0) is 42.3 Å². The Morgan fingerprint density at radius 3 is 2.67 bits per heavy atom. The lowest BCUT2D eigenvalue weighted by Crippen LogP contribution is -2.38. The normalized spacial score (nSPS) is 13.9. The molecule has 0 aliphatic rings. The van der Waals surface area contributed by atoms with Crippen molar-refractivity contribution in [2.45, 2.75) is 26.1 Å². The third kappa shape index (κ3) is 4.77. The highest BCUT2D eigenvalue weighted by atomic mass is 19.1. The molecule has 0 radical (unpaired) electrons. The summed E-state index contributed by atoms with van der Waals surface area (Å²) in [7, 11) is 0. The van der Waals surface area contributed by atoms with E-state index in [1.807, 2.05) is 0 Å². The van der Waals surface area contributed by atoms with Gasteiger partial charge in [-0.1, -0.05) is 24.2 Å². The van der Waals surface area contributed by atoms with E-state index < -0.39 is 48.5 Å². The number of nitroso groups, excluding NO2 is 1. The SMILES string of the molecule is [2H]c1c([2H])c(OCc2cccc(F)c2)c([2H])c([2H])c1CN(N=O)[C@@H](C)C(N)=O. The average molecular weight is 335 g/mol. The number of hydrogen-bond acceptors (Lipinski definition) is 4. The molecule has 0 spiro atoms. The third-order valence-electron chi connectivity index (χ3n) is 3.21. The molecule has 1 amide bonds. The fraction of sp³-hybridized carbons (Fsp3) is 0.235. The summed E-state index contributed by atoms with van der Waals surface area (Å²) in [5, 5.41) is 3.42. The number of ether oxygens (including phenoxy) is 1. The lowest BCUT2D eigenvalue weighted by Gasteiger charge is -2.20. The van der Waals surface area contributed by atoms with Crippen molar-refractivity contribution >= 4 is 5.91 Å². The predicted octanol–water partition coefficient (Wildman–Crippen LogP) is 2.76. The minimum Gasteiger partial charge on any atom is -0.489 e. The van der Waals surface area contributed by atoms with Crippen molar-refractivity contribution in [1.29, 1.82) is 0 Å². The first-order valence-electron chi connectivity index (χ1n) is 9.03. The summed E-state index contributed by atoms with van der Waals surface area (Å²) in [6.07, 6.45) is 0. The van der Waals surface area contributed by atoms with E-state index in [4.69, 9.17) is 16.0 Å². The van der Waals surface area contributed by atoms with Crippen molar-refractivity contribution in [3.63, 3.8) is 0 Å². The summed E-state index contributed by atoms with van der Waals surface area (Å²) in [6, 6.07) is 2.64. The number of nitrogens with zero attached hydrogens (tertiary/aromatic N) is 2. The zero-order chi connectivity index (χ0) is 21.0. The van der Waals surface area contributed by atoms with Crippen LogP contribution < -0.4 is 10.5 Å². The quantitative estimate of drug-likeness (QED) is 0.594. The monoisotopic (exact) mass is 335 g/mol. The number of benzene rings is 2. The van der Waals surface area contributed by atoms with Crippen LogP contribution in [0.5, 0.6) is 5.75 Å². The van der Waals surface area contributed by atoms with Gasteiger partial charge in [0.15, 0.2) is 0 Å². The molecule has 2 aromatic rings. The Kier molecular flexibility index (Phi) is 4.18. The molecule has 0 fully saturated rings. The second-order valence-corrected chi connectivity index (χ2v) is 4.98. The molecule has 126 valence electrons. The molecule has 0 saturated carbocycles. The van der Waals surface area contributed by atoms with Gasteiger partial charge in [0, 0.05) is 0 Å². The van der Waals surface area contributed by atoms with Crippen LogP contribution in [0.1, 0.15) is 23.5 Å². The maximum Gasteiger partial charge on any atom is 0.241 e. The van der Waals surface area contributed by atoms with Crippen molar-refractivity contribution in [2.24, 2.45) is 11.0 Å². The Morgan fingerprint density at radius 2 is 2.08 bits per heavy atom. The summed E-state index contributed by atoms with van der Waals surface area (Å²) >= 11 is 0. The van der Waals surface area contributed by atoms with E-state index in [2.05, 4.69) is 5.29 Å². The van der Waals surface area contributed by atoms with Crippen LogP contribution in [0, 0.1) is 10.7 Å². The van der Waals surface area contributed by atoms with Gasteiger partial charge in [0.1, 0.15) is 24.2 Å². The maximum atomic E-state index is 13.2. The second kappa shape index (κ2) is 8.05. The molecule has 0 bridgehead atoms. The van der Waals surface area contributed by atoms with Crippen LogP contribution in [0.25, 0.3) is 0 Å². The van der Waals surface area contributed by atoms with Crippen molar-refractivity contribution in [2.75, 3.05) is 0 Å². The Balaban J connectivity index is 2.34. The van der Waals surface area contributed by atoms with Gasteiger partial charge in [0.05, 0.1) is 17.3 Å².